The van der Waals surface area contributed by atoms with Gasteiger partial charge in [-0.25, -0.2) is 0 Å². The quantitative estimate of drug-likeness (QED) is 0.762. The lowest BCUT2D eigenvalue weighted by molar-refractivity contribution is -0.132. The predicted molar refractivity (Wildman–Crippen MR) is 112 cm³/mol. The van der Waals surface area contributed by atoms with Crippen LogP contribution < -0.4 is 5.32 Å². The van der Waals surface area contributed by atoms with E-state index < -0.39 is 6.04 Å². The van der Waals surface area contributed by atoms with Crippen molar-refractivity contribution in [1.82, 2.24) is 4.90 Å². The van der Waals surface area contributed by atoms with Crippen molar-refractivity contribution in [3.8, 4) is 6.07 Å². The molecule has 0 spiro atoms. The highest BCUT2D eigenvalue weighted by atomic mass is 32.2. The van der Waals surface area contributed by atoms with Gasteiger partial charge in [0.25, 0.3) is 0 Å². The zero-order valence-corrected chi connectivity index (χ0v) is 16.8. The van der Waals surface area contributed by atoms with Crippen LogP contribution in [0.3, 0.4) is 0 Å². The lowest BCUT2D eigenvalue weighted by atomic mass is 10.2. The van der Waals surface area contributed by atoms with E-state index in [2.05, 4.69) is 12.2 Å². The van der Waals surface area contributed by atoms with Crippen LogP contribution in [0.1, 0.15) is 36.3 Å². The van der Waals surface area contributed by atoms with Gasteiger partial charge in [0.2, 0.25) is 11.8 Å². The van der Waals surface area contributed by atoms with Gasteiger partial charge in [-0.1, -0.05) is 6.92 Å². The number of nitriles is 1. The largest absolute Gasteiger partial charge is 0.461 e. The molecule has 4 rings (SSSR count). The maximum Gasteiger partial charge on any atom is 0.248 e. The van der Waals surface area contributed by atoms with Gasteiger partial charge in [-0.05, 0) is 54.8 Å². The molecule has 2 aromatic rings. The van der Waals surface area contributed by atoms with E-state index in [0.717, 1.165) is 12.2 Å². The third kappa shape index (κ3) is 4.38. The Morgan fingerprint density at radius 1 is 1.28 bits per heavy atom. The second kappa shape index (κ2) is 8.18. The molecule has 1 aliphatic carbocycles. The fraction of sp³-hybridized carbons (Fsp3) is 0.318. The molecule has 2 fully saturated rings. The third-order valence-corrected chi connectivity index (χ3v) is 6.27. The molecule has 1 aromatic carbocycles. The smallest absolute Gasteiger partial charge is 0.248 e. The molecule has 6 nitrogen and oxygen atoms in total. The van der Waals surface area contributed by atoms with Gasteiger partial charge in [0.05, 0.1) is 17.5 Å². The highest BCUT2D eigenvalue weighted by Crippen LogP contribution is 2.47. The first-order chi connectivity index (χ1) is 14.0. The second-order valence-corrected chi connectivity index (χ2v) is 8.39. The predicted octanol–water partition coefficient (Wildman–Crippen LogP) is 3.83. The maximum atomic E-state index is 12.6. The topological polar surface area (TPSA) is 86.3 Å². The van der Waals surface area contributed by atoms with Gasteiger partial charge in [0, 0.05) is 23.4 Å². The summed E-state index contributed by atoms with van der Waals surface area (Å²) in [6.45, 7) is 2.19. The van der Waals surface area contributed by atoms with Crippen molar-refractivity contribution >= 4 is 35.3 Å². The van der Waals surface area contributed by atoms with E-state index in [0.29, 0.717) is 40.5 Å². The van der Waals surface area contributed by atoms with E-state index in [1.807, 2.05) is 18.2 Å². The summed E-state index contributed by atoms with van der Waals surface area (Å²) in [4.78, 5) is 26.9. The summed E-state index contributed by atoms with van der Waals surface area (Å²) in [5, 5.41) is 11.7. The number of rotatable bonds is 5. The number of hydrogen-bond donors (Lipinski definition) is 1. The third-order valence-electron chi connectivity index (χ3n) is 5.26. The number of thioether (sulfide) groups is 1. The summed E-state index contributed by atoms with van der Waals surface area (Å²) in [6, 6.07) is 12.0. The average Bonchev–Trinajstić information content (AvgIpc) is 3.15. The van der Waals surface area contributed by atoms with Gasteiger partial charge in [-0.3, -0.25) is 9.59 Å². The van der Waals surface area contributed by atoms with Crippen LogP contribution in [0.25, 0.3) is 6.08 Å². The zero-order valence-electron chi connectivity index (χ0n) is 16.0. The van der Waals surface area contributed by atoms with Crippen molar-refractivity contribution in [1.29, 1.82) is 5.26 Å². The minimum Gasteiger partial charge on any atom is -0.461 e. The molecule has 3 unspecified atom stereocenters. The molecule has 2 amide bonds. The summed E-state index contributed by atoms with van der Waals surface area (Å²) in [5.74, 6) is 3.36. The lowest BCUT2D eigenvalue weighted by Gasteiger charge is -2.21. The molecule has 2 aliphatic rings. The fourth-order valence-electron chi connectivity index (χ4n) is 3.36. The molecule has 148 valence electrons. The summed E-state index contributed by atoms with van der Waals surface area (Å²) in [7, 11) is 0. The van der Waals surface area contributed by atoms with E-state index in [1.165, 1.54) is 6.08 Å². The first-order valence-electron chi connectivity index (χ1n) is 9.52. The van der Waals surface area contributed by atoms with E-state index in [4.69, 9.17) is 9.68 Å². The summed E-state index contributed by atoms with van der Waals surface area (Å²) < 4.78 is 5.80. The van der Waals surface area contributed by atoms with Gasteiger partial charge in [-0.2, -0.15) is 5.26 Å². The first-order valence-corrected chi connectivity index (χ1v) is 10.7. The van der Waals surface area contributed by atoms with Crippen LogP contribution in [0, 0.1) is 17.2 Å². The molecular weight excluding hydrogens is 386 g/mol. The SMILES string of the molecule is CC1CC1c1ccc(/C=C/C(=O)N2CSCC2C(=O)Nc2ccc(C#N)cc2)o1. The number of nitrogens with one attached hydrogen (secondary N) is 1. The van der Waals surface area contributed by atoms with Crippen LogP contribution in [-0.4, -0.2) is 34.4 Å². The van der Waals surface area contributed by atoms with Gasteiger partial charge >= 0.3 is 0 Å². The number of carbonyl (C=O) groups excluding carboxylic acids is 2. The Hall–Kier alpha value is -2.98. The first kappa shape index (κ1) is 19.3. The minimum atomic E-state index is -0.535. The van der Waals surface area contributed by atoms with E-state index in [9.17, 15) is 9.59 Å². The van der Waals surface area contributed by atoms with Crippen molar-refractivity contribution in [3.05, 3.63) is 59.6 Å². The molecule has 1 saturated heterocycles. The molecule has 1 N–H and O–H groups in total. The molecule has 0 bridgehead atoms. The van der Waals surface area contributed by atoms with Crippen LogP contribution >= 0.6 is 11.8 Å². The van der Waals surface area contributed by atoms with Crippen LogP contribution in [0.5, 0.6) is 0 Å². The number of amides is 2. The highest BCUT2D eigenvalue weighted by Gasteiger charge is 2.36. The molecule has 7 heteroatoms. The molecule has 0 radical (unpaired) electrons. The molecule has 3 atom stereocenters. The van der Waals surface area contributed by atoms with E-state index >= 15 is 0 Å². The van der Waals surface area contributed by atoms with Crippen LogP contribution in [-0.2, 0) is 9.59 Å². The van der Waals surface area contributed by atoms with Gasteiger partial charge in [0.1, 0.15) is 17.6 Å². The van der Waals surface area contributed by atoms with Gasteiger partial charge < -0.3 is 14.6 Å². The summed E-state index contributed by atoms with van der Waals surface area (Å²) in [6.07, 6.45) is 4.28. The Balaban J connectivity index is 1.37. The Morgan fingerprint density at radius 2 is 2.03 bits per heavy atom. The van der Waals surface area contributed by atoms with Crippen molar-refractivity contribution in [3.63, 3.8) is 0 Å². The van der Waals surface area contributed by atoms with Crippen LogP contribution in [0.2, 0.25) is 0 Å². The number of anilines is 1. The van der Waals surface area contributed by atoms with E-state index in [-0.39, 0.29) is 11.8 Å². The number of hydrogen-bond acceptors (Lipinski definition) is 5. The fourth-order valence-corrected chi connectivity index (χ4v) is 4.52. The highest BCUT2D eigenvalue weighted by molar-refractivity contribution is 7.99. The van der Waals surface area contributed by atoms with Crippen LogP contribution in [0.15, 0.2) is 46.9 Å². The van der Waals surface area contributed by atoms with Crippen molar-refractivity contribution in [2.45, 2.75) is 25.3 Å². The Morgan fingerprint density at radius 3 is 2.72 bits per heavy atom. The monoisotopic (exact) mass is 407 g/mol. The molecule has 1 aromatic heterocycles. The number of furan rings is 1. The zero-order chi connectivity index (χ0) is 20.4. The average molecular weight is 407 g/mol. The number of carbonyl (C=O) groups is 2. The normalized spacial score (nSPS) is 23.2. The Labute approximate surface area is 173 Å². The molecule has 1 aliphatic heterocycles. The number of benzene rings is 1. The molecular formula is C22H21N3O3S. The summed E-state index contributed by atoms with van der Waals surface area (Å²) >= 11 is 1.55. The van der Waals surface area contributed by atoms with Crippen molar-refractivity contribution in [2.24, 2.45) is 5.92 Å². The standard InChI is InChI=1S/C22H21N3O3S/c1-14-10-18(14)20-8-6-17(28-20)7-9-21(26)25-13-29-12-19(25)22(27)24-16-4-2-15(11-23)3-5-16/h2-9,14,18-19H,10,12-13H2,1H3,(H,24,27)/b9-7+. The van der Waals surface area contributed by atoms with Gasteiger partial charge in [0.15, 0.2) is 0 Å². The van der Waals surface area contributed by atoms with Crippen molar-refractivity contribution in [2.75, 3.05) is 16.9 Å². The second-order valence-electron chi connectivity index (χ2n) is 7.40. The molecule has 29 heavy (non-hydrogen) atoms. The summed E-state index contributed by atoms with van der Waals surface area (Å²) in [5.41, 5.74) is 1.13. The lowest BCUT2D eigenvalue weighted by Crippen LogP contribution is -2.43. The molecule has 1 saturated carbocycles. The Bertz CT molecular complexity index is 989. The van der Waals surface area contributed by atoms with E-state index in [1.54, 1.807) is 47.0 Å². The number of nitrogens with zero attached hydrogens (tertiary/aromatic N) is 2. The van der Waals surface area contributed by atoms with Gasteiger partial charge in [-0.15, -0.1) is 11.8 Å². The van der Waals surface area contributed by atoms with Crippen LogP contribution in [0.4, 0.5) is 5.69 Å². The maximum absolute atomic E-state index is 12.6. The van der Waals surface area contributed by atoms with Crippen molar-refractivity contribution < 1.29 is 14.0 Å². The Kier molecular flexibility index (Phi) is 5.45. The minimum absolute atomic E-state index is 0.215. The molecule has 2 heterocycles.